The van der Waals surface area contributed by atoms with Gasteiger partial charge >= 0.3 is 0 Å². The summed E-state index contributed by atoms with van der Waals surface area (Å²) in [6, 6.07) is 22.2. The summed E-state index contributed by atoms with van der Waals surface area (Å²) in [5.41, 5.74) is 2.27. The predicted molar refractivity (Wildman–Crippen MR) is 61.3 cm³/mol. The highest BCUT2D eigenvalue weighted by Crippen LogP contribution is 2.08. The Balaban J connectivity index is 1.81. The zero-order valence-corrected chi connectivity index (χ0v) is 8.48. The Morgan fingerprint density at radius 1 is 0.800 bits per heavy atom. The molecule has 0 saturated carbocycles. The molecule has 0 aliphatic carbocycles. The van der Waals surface area contributed by atoms with Crippen LogP contribution in [0, 0.1) is 12.1 Å². The molecule has 76 valence electrons. The van der Waals surface area contributed by atoms with Crippen molar-refractivity contribution >= 4 is 0 Å². The van der Waals surface area contributed by atoms with Gasteiger partial charge < -0.3 is 5.32 Å². The van der Waals surface area contributed by atoms with Crippen LogP contribution in [-0.4, -0.2) is 0 Å². The van der Waals surface area contributed by atoms with E-state index >= 15 is 0 Å². The van der Waals surface area contributed by atoms with Crippen LogP contribution in [0.4, 0.5) is 0 Å². The quantitative estimate of drug-likeness (QED) is 0.663. The van der Waals surface area contributed by atoms with Gasteiger partial charge in [0.05, 0.1) is 0 Å². The molecule has 0 unspecified atom stereocenters. The third-order valence-corrected chi connectivity index (χ3v) is 2.11. The third kappa shape index (κ3) is 3.22. The fraction of sp³-hybridized carbons (Fsp3) is 0.143. The lowest BCUT2D eigenvalue weighted by molar-refractivity contribution is 1.05. The summed E-state index contributed by atoms with van der Waals surface area (Å²) in [5, 5.41) is 4.45. The summed E-state index contributed by atoms with van der Waals surface area (Å²) >= 11 is 0. The third-order valence-electron chi connectivity index (χ3n) is 2.11. The number of nitrogens with zero attached hydrogens (tertiary/aromatic N) is 1. The Bertz CT molecular complexity index is 341. The van der Waals surface area contributed by atoms with Gasteiger partial charge in [-0.1, -0.05) is 0 Å². The summed E-state index contributed by atoms with van der Waals surface area (Å²) in [5.74, 6) is 0. The molecule has 0 bridgehead atoms. The number of hydrogen-bond donors (Lipinski definition) is 0. The molecule has 0 heterocycles. The molecule has 0 fully saturated rings. The summed E-state index contributed by atoms with van der Waals surface area (Å²) in [6.45, 7) is 1.45. The normalized spacial score (nSPS) is 10.1. The fourth-order valence-corrected chi connectivity index (χ4v) is 1.35. The maximum absolute atomic E-state index is 4.45. The molecule has 2 aromatic rings. The van der Waals surface area contributed by atoms with E-state index in [1.54, 1.807) is 0 Å². The van der Waals surface area contributed by atoms with E-state index in [-0.39, 0.29) is 0 Å². The van der Waals surface area contributed by atoms with Crippen LogP contribution in [0.5, 0.6) is 0 Å². The highest BCUT2D eigenvalue weighted by Gasteiger charge is 1.75. The zero-order valence-electron chi connectivity index (χ0n) is 8.48. The molecule has 0 amide bonds. The van der Waals surface area contributed by atoms with Gasteiger partial charge in [0.15, 0.2) is 0 Å². The highest BCUT2D eigenvalue weighted by atomic mass is 14.8. The van der Waals surface area contributed by atoms with E-state index in [9.17, 15) is 0 Å². The van der Waals surface area contributed by atoms with Gasteiger partial charge in [-0.05, 0) is 0 Å². The van der Waals surface area contributed by atoms with Gasteiger partial charge in [-0.2, -0.15) is 71.8 Å². The molecular weight excluding hydrogens is 182 g/mol. The van der Waals surface area contributed by atoms with E-state index in [4.69, 9.17) is 0 Å². The molecule has 0 saturated heterocycles. The molecule has 0 aliphatic heterocycles. The lowest BCUT2D eigenvalue weighted by Gasteiger charge is -2.24. The van der Waals surface area contributed by atoms with E-state index in [0.29, 0.717) is 0 Å². The maximum Gasteiger partial charge on any atom is -0.146 e. The van der Waals surface area contributed by atoms with Crippen molar-refractivity contribution in [1.82, 2.24) is 0 Å². The molecule has 1 nitrogen and oxygen atoms in total. The Labute approximate surface area is 90.8 Å². The number of rotatable bonds is 4. The molecule has 0 atom stereocenters. The Hall–Kier alpha value is -1.60. The average Bonchev–Trinajstić information content (AvgIpc) is 2.32. The van der Waals surface area contributed by atoms with Gasteiger partial charge in [-0.3, -0.25) is 0 Å². The van der Waals surface area contributed by atoms with Crippen LogP contribution in [0.1, 0.15) is 11.1 Å². The second kappa shape index (κ2) is 5.32. The Morgan fingerprint density at radius 2 is 1.33 bits per heavy atom. The van der Waals surface area contributed by atoms with Crippen molar-refractivity contribution < 1.29 is 0 Å². The van der Waals surface area contributed by atoms with Crippen LogP contribution in [0.2, 0.25) is 0 Å². The largest absolute Gasteiger partial charge is 0.658 e. The second-order valence-electron chi connectivity index (χ2n) is 3.32. The summed E-state index contributed by atoms with van der Waals surface area (Å²) < 4.78 is 0. The van der Waals surface area contributed by atoms with Crippen molar-refractivity contribution in [3.63, 3.8) is 0 Å². The highest BCUT2D eigenvalue weighted by molar-refractivity contribution is 5.19. The van der Waals surface area contributed by atoms with Crippen molar-refractivity contribution in [3.8, 4) is 0 Å². The van der Waals surface area contributed by atoms with Crippen LogP contribution in [0.3, 0.4) is 0 Å². The topological polar surface area (TPSA) is 14.1 Å². The molecular formula is C14H12N-3. The molecule has 0 aromatic heterocycles. The molecule has 0 radical (unpaired) electrons. The first kappa shape index (κ1) is 9.94. The minimum Gasteiger partial charge on any atom is -0.658 e. The van der Waals surface area contributed by atoms with Gasteiger partial charge in [-0.25, -0.2) is 0 Å². The van der Waals surface area contributed by atoms with E-state index in [0.717, 1.165) is 24.2 Å². The molecule has 0 spiro atoms. The zero-order chi connectivity index (χ0) is 10.3. The first-order valence-electron chi connectivity index (χ1n) is 4.99. The van der Waals surface area contributed by atoms with E-state index in [1.807, 2.05) is 48.5 Å². The summed E-state index contributed by atoms with van der Waals surface area (Å²) in [6.07, 6.45) is 0. The second-order valence-corrected chi connectivity index (χ2v) is 3.32. The minimum absolute atomic E-state index is 0.726. The van der Waals surface area contributed by atoms with Crippen molar-refractivity contribution in [1.29, 1.82) is 0 Å². The number of hydrogen-bond acceptors (Lipinski definition) is 0. The van der Waals surface area contributed by atoms with Crippen molar-refractivity contribution in [2.24, 2.45) is 0 Å². The first-order chi connectivity index (χ1) is 7.45. The molecule has 0 N–H and O–H groups in total. The SMILES string of the molecule is [c-]1ccccc1C[N-]Cc1[c-]cccc1. The van der Waals surface area contributed by atoms with Crippen LogP contribution < -0.4 is 0 Å². The molecule has 2 rings (SSSR count). The minimum atomic E-state index is 0.726. The number of benzene rings is 2. The van der Waals surface area contributed by atoms with Crippen LogP contribution in [0.15, 0.2) is 48.5 Å². The van der Waals surface area contributed by atoms with Crippen LogP contribution in [0.25, 0.3) is 5.32 Å². The van der Waals surface area contributed by atoms with Gasteiger partial charge in [0.2, 0.25) is 0 Å². The maximum atomic E-state index is 4.45. The van der Waals surface area contributed by atoms with Crippen molar-refractivity contribution in [3.05, 3.63) is 77.1 Å². The van der Waals surface area contributed by atoms with Gasteiger partial charge in [-0.15, -0.1) is 13.1 Å². The van der Waals surface area contributed by atoms with Crippen LogP contribution >= 0.6 is 0 Å². The molecule has 15 heavy (non-hydrogen) atoms. The monoisotopic (exact) mass is 194 g/mol. The van der Waals surface area contributed by atoms with Crippen molar-refractivity contribution in [2.45, 2.75) is 13.1 Å². The van der Waals surface area contributed by atoms with E-state index in [1.165, 1.54) is 0 Å². The summed E-state index contributed by atoms with van der Waals surface area (Å²) in [4.78, 5) is 0. The van der Waals surface area contributed by atoms with Crippen LogP contribution in [-0.2, 0) is 13.1 Å². The average molecular weight is 194 g/mol. The van der Waals surface area contributed by atoms with Gasteiger partial charge in [0, 0.05) is 0 Å². The standard InChI is InChI=1S/C14H12N/c1-3-7-13(8-4-1)11-15-12-14-9-5-2-6-10-14/h1-7,9H,11-12H2/q-3. The predicted octanol–water partition coefficient (Wildman–Crippen LogP) is 3.36. The molecule has 1 heteroatoms. The van der Waals surface area contributed by atoms with Gasteiger partial charge in [0.1, 0.15) is 0 Å². The lowest BCUT2D eigenvalue weighted by atomic mass is 10.2. The first-order valence-corrected chi connectivity index (χ1v) is 4.99. The lowest BCUT2D eigenvalue weighted by Crippen LogP contribution is -1.87. The molecule has 0 aliphatic rings. The van der Waals surface area contributed by atoms with E-state index < -0.39 is 0 Å². The van der Waals surface area contributed by atoms with Gasteiger partial charge in [0.25, 0.3) is 0 Å². The molecule has 2 aromatic carbocycles. The summed E-state index contributed by atoms with van der Waals surface area (Å²) in [7, 11) is 0. The van der Waals surface area contributed by atoms with Crippen molar-refractivity contribution in [2.75, 3.05) is 0 Å². The van der Waals surface area contributed by atoms with E-state index in [2.05, 4.69) is 17.4 Å². The Kier molecular flexibility index (Phi) is 3.53. The fourth-order valence-electron chi connectivity index (χ4n) is 1.35. The Morgan fingerprint density at radius 3 is 1.73 bits per heavy atom. The smallest absolute Gasteiger partial charge is 0.146 e.